The number of methoxy groups -OCH3 is 2. The summed E-state index contributed by atoms with van der Waals surface area (Å²) in [5.74, 6) is 0.0200. The summed E-state index contributed by atoms with van der Waals surface area (Å²) >= 11 is 0. The van der Waals surface area contributed by atoms with Crippen molar-refractivity contribution in [3.05, 3.63) is 18.2 Å². The molecule has 1 aromatic carbocycles. The second-order valence-corrected chi connectivity index (χ2v) is 4.03. The summed E-state index contributed by atoms with van der Waals surface area (Å²) in [5.41, 5.74) is -0.758. The predicted molar refractivity (Wildman–Crippen MR) is 68.3 cm³/mol. The van der Waals surface area contributed by atoms with E-state index in [1.165, 1.54) is 19.2 Å². The van der Waals surface area contributed by atoms with Crippen molar-refractivity contribution in [3.8, 4) is 11.5 Å². The Kier molecular flexibility index (Phi) is 10.2. The summed E-state index contributed by atoms with van der Waals surface area (Å²) in [6.07, 6.45) is 1.39. The molecule has 20 heavy (non-hydrogen) atoms. The van der Waals surface area contributed by atoms with Crippen LogP contribution in [0.4, 0.5) is 12.9 Å². The minimum atomic E-state index is -5.12. The van der Waals surface area contributed by atoms with E-state index in [0.717, 1.165) is 12.5 Å². The van der Waals surface area contributed by atoms with Gasteiger partial charge in [-0.3, -0.25) is 0 Å². The molecule has 1 rings (SSSR count). The smallest absolute Gasteiger partial charge is 0.497 e. The number of hydrogen-bond acceptors (Lipinski definition) is 3. The van der Waals surface area contributed by atoms with E-state index in [4.69, 9.17) is 14.2 Å². The Morgan fingerprint density at radius 1 is 1.05 bits per heavy atom. The molecule has 3 nitrogen and oxygen atoms in total. The third kappa shape index (κ3) is 6.82. The zero-order valence-corrected chi connectivity index (χ0v) is 15.1. The van der Waals surface area contributed by atoms with Crippen LogP contribution in [-0.2, 0) is 4.74 Å². The van der Waals surface area contributed by atoms with Crippen molar-refractivity contribution in [2.75, 3.05) is 27.4 Å². The van der Waals surface area contributed by atoms with Gasteiger partial charge in [0.15, 0.2) is 0 Å². The van der Waals surface area contributed by atoms with Crippen molar-refractivity contribution in [2.24, 2.45) is 0 Å². The molecule has 0 amide bonds. The van der Waals surface area contributed by atoms with Crippen LogP contribution in [0.1, 0.15) is 12.8 Å². The molecule has 0 aromatic heterocycles. The van der Waals surface area contributed by atoms with Crippen LogP contribution in [0.5, 0.6) is 11.5 Å². The average Bonchev–Trinajstić information content (AvgIpc) is 2.37. The molecule has 0 aliphatic rings. The van der Waals surface area contributed by atoms with Crippen molar-refractivity contribution in [1.29, 1.82) is 0 Å². The number of rotatable bonds is 8. The van der Waals surface area contributed by atoms with Crippen LogP contribution in [0.15, 0.2) is 18.2 Å². The fourth-order valence-electron chi connectivity index (χ4n) is 1.57. The van der Waals surface area contributed by atoms with Crippen molar-refractivity contribution in [2.45, 2.75) is 12.8 Å². The van der Waals surface area contributed by atoms with Crippen LogP contribution >= 0.6 is 0 Å². The molecule has 0 unspecified atom stereocenters. The van der Waals surface area contributed by atoms with E-state index in [-0.39, 0.29) is 69.5 Å². The van der Waals surface area contributed by atoms with Crippen LogP contribution in [0.2, 0.25) is 0 Å². The fraction of sp³-hybridized carbons (Fsp3) is 0.500. The quantitative estimate of drug-likeness (QED) is 0.481. The van der Waals surface area contributed by atoms with Crippen LogP contribution < -0.4 is 66.3 Å². The molecule has 0 heterocycles. The van der Waals surface area contributed by atoms with E-state index >= 15 is 0 Å². The van der Waals surface area contributed by atoms with Gasteiger partial charge in [0.25, 0.3) is 0 Å². The van der Waals surface area contributed by atoms with Crippen LogP contribution in [-0.4, -0.2) is 34.4 Å². The Morgan fingerprint density at radius 2 is 1.70 bits per heavy atom. The minimum Gasteiger partial charge on any atom is -0.497 e. The molecule has 8 heteroatoms. The van der Waals surface area contributed by atoms with Gasteiger partial charge >= 0.3 is 58.4 Å². The monoisotopic (exact) mass is 316 g/mol. The molecule has 108 valence electrons. The topological polar surface area (TPSA) is 27.7 Å². The van der Waals surface area contributed by atoms with E-state index in [2.05, 4.69) is 0 Å². The van der Waals surface area contributed by atoms with E-state index in [1.807, 2.05) is 0 Å². The van der Waals surface area contributed by atoms with Crippen molar-refractivity contribution < 1.29 is 78.5 Å². The van der Waals surface area contributed by atoms with Gasteiger partial charge < -0.3 is 27.2 Å². The Bertz CT molecular complexity index is 402. The number of halogens is 3. The third-order valence-corrected chi connectivity index (χ3v) is 2.57. The molecule has 0 fully saturated rings. The minimum absolute atomic E-state index is 0. The number of benzene rings is 1. The van der Waals surface area contributed by atoms with E-state index in [0.29, 0.717) is 13.0 Å². The molecular weight excluding hydrogens is 299 g/mol. The summed E-state index contributed by atoms with van der Waals surface area (Å²) < 4.78 is 53.6. The molecule has 0 aliphatic carbocycles. The Balaban J connectivity index is 0.00000361. The summed E-state index contributed by atoms with van der Waals surface area (Å²) in [6.45, 7) is -4.32. The second-order valence-electron chi connectivity index (χ2n) is 4.03. The first-order valence-electron chi connectivity index (χ1n) is 5.98. The van der Waals surface area contributed by atoms with Crippen LogP contribution in [0.25, 0.3) is 0 Å². The fourth-order valence-corrected chi connectivity index (χ4v) is 1.57. The van der Waals surface area contributed by atoms with E-state index in [1.54, 1.807) is 7.11 Å². The second kappa shape index (κ2) is 10.1. The average molecular weight is 316 g/mol. The molecule has 0 aliphatic heterocycles. The van der Waals surface area contributed by atoms with Gasteiger partial charge in [-0.15, -0.1) is 0 Å². The van der Waals surface area contributed by atoms with E-state index in [9.17, 15) is 12.9 Å². The standard InChI is InChI=1S/C12H17BF3O3.K/c1-17-7-3-4-8-19-12-6-5-10(18-2)9-11(12)13(14,15)16;/h5-6,9H,3-4,7-8H2,1-2H3;/q-1;+1. The molecule has 0 atom stereocenters. The van der Waals surface area contributed by atoms with Gasteiger partial charge in [0, 0.05) is 13.7 Å². The van der Waals surface area contributed by atoms with Crippen LogP contribution in [0.3, 0.4) is 0 Å². The molecule has 0 saturated heterocycles. The molecule has 0 spiro atoms. The maximum absolute atomic E-state index is 12.9. The molecule has 0 bridgehead atoms. The maximum Gasteiger partial charge on any atom is 1.00 e. The normalized spacial score (nSPS) is 10.8. The van der Waals surface area contributed by atoms with Gasteiger partial charge in [-0.05, 0) is 31.0 Å². The molecular formula is C12H17BF3KO3. The molecule has 1 aromatic rings. The summed E-state index contributed by atoms with van der Waals surface area (Å²) in [7, 11) is 2.91. The first-order valence-corrected chi connectivity index (χ1v) is 5.98. The van der Waals surface area contributed by atoms with Crippen molar-refractivity contribution in [1.82, 2.24) is 0 Å². The van der Waals surface area contributed by atoms with Gasteiger partial charge in [-0.1, -0.05) is 5.46 Å². The Labute approximate surface area is 159 Å². The zero-order valence-electron chi connectivity index (χ0n) is 12.0. The van der Waals surface area contributed by atoms with Gasteiger partial charge in [0.05, 0.1) is 19.5 Å². The predicted octanol–water partition coefficient (Wildman–Crippen LogP) is -0.441. The zero-order chi connectivity index (χ0) is 14.3. The maximum atomic E-state index is 12.9. The number of unbranched alkanes of at least 4 members (excludes halogenated alkanes) is 1. The Hall–Kier alpha value is 0.271. The van der Waals surface area contributed by atoms with Gasteiger partial charge in [0.2, 0.25) is 0 Å². The van der Waals surface area contributed by atoms with Crippen molar-refractivity contribution >= 4 is 12.4 Å². The van der Waals surface area contributed by atoms with E-state index < -0.39 is 12.4 Å². The molecule has 0 N–H and O–H groups in total. The molecule has 0 radical (unpaired) electrons. The third-order valence-electron chi connectivity index (χ3n) is 2.57. The first-order chi connectivity index (χ1) is 8.99. The summed E-state index contributed by atoms with van der Waals surface area (Å²) in [6, 6.07) is 3.71. The van der Waals surface area contributed by atoms with Crippen molar-refractivity contribution in [3.63, 3.8) is 0 Å². The van der Waals surface area contributed by atoms with Gasteiger partial charge in [0.1, 0.15) is 5.75 Å². The molecule has 0 saturated carbocycles. The summed E-state index contributed by atoms with van der Waals surface area (Å²) in [4.78, 5) is 0. The Morgan fingerprint density at radius 3 is 2.25 bits per heavy atom. The number of ether oxygens (including phenoxy) is 3. The largest absolute Gasteiger partial charge is 1.00 e. The SMILES string of the molecule is COCCCCOc1ccc(OC)cc1[B-](F)(F)F.[K+]. The van der Waals surface area contributed by atoms with Gasteiger partial charge in [-0.25, -0.2) is 0 Å². The first kappa shape index (κ1) is 20.3. The van der Waals surface area contributed by atoms with Gasteiger partial charge in [-0.2, -0.15) is 0 Å². The van der Waals surface area contributed by atoms with Crippen LogP contribution in [0, 0.1) is 0 Å². The summed E-state index contributed by atoms with van der Waals surface area (Å²) in [5, 5.41) is 0. The number of hydrogen-bond donors (Lipinski definition) is 0.